The molecule has 0 radical (unpaired) electrons. The van der Waals surface area contributed by atoms with E-state index in [1.807, 2.05) is 17.5 Å². The smallest absolute Gasteiger partial charge is 0.250 e. The normalized spacial score (nSPS) is 15.7. The Labute approximate surface area is 149 Å². The van der Waals surface area contributed by atoms with Gasteiger partial charge in [0.15, 0.2) is 5.13 Å². The summed E-state index contributed by atoms with van der Waals surface area (Å²) in [4.78, 5) is 18.7. The van der Waals surface area contributed by atoms with E-state index in [4.69, 9.17) is 16.3 Å². The molecule has 1 aliphatic heterocycles. The molecule has 126 valence electrons. The van der Waals surface area contributed by atoms with Crippen LogP contribution in [0.2, 0.25) is 5.02 Å². The molecule has 5 nitrogen and oxygen atoms in total. The molecule has 7 heteroatoms. The average molecular weight is 364 g/mol. The summed E-state index contributed by atoms with van der Waals surface area (Å²) in [6.45, 7) is 4.15. The van der Waals surface area contributed by atoms with Gasteiger partial charge in [-0.1, -0.05) is 23.7 Å². The molecule has 0 saturated carbocycles. The quantitative estimate of drug-likeness (QED) is 0.828. The third-order valence-corrected chi connectivity index (χ3v) is 4.59. The number of carbonyl (C=O) groups is 1. The third kappa shape index (κ3) is 5.14. The van der Waals surface area contributed by atoms with Crippen molar-refractivity contribution in [2.75, 3.05) is 31.6 Å². The van der Waals surface area contributed by atoms with Crippen molar-refractivity contribution in [1.82, 2.24) is 9.88 Å². The Morgan fingerprint density at radius 3 is 3.04 bits per heavy atom. The standard InChI is InChI=1S/C17H18ClN3O2S/c18-14-3-1-2-13(10-14)4-5-16(22)20-17-19-15(12-24-17)11-21-6-8-23-9-7-21/h1-5,10,12H,6-9,11H2,(H,19,20,22). The molecule has 0 bridgehead atoms. The van der Waals surface area contributed by atoms with Gasteiger partial charge in [-0.2, -0.15) is 0 Å². The molecule has 0 aliphatic carbocycles. The van der Waals surface area contributed by atoms with Gasteiger partial charge in [-0.15, -0.1) is 11.3 Å². The number of hydrogen-bond acceptors (Lipinski definition) is 5. The highest BCUT2D eigenvalue weighted by atomic mass is 35.5. The van der Waals surface area contributed by atoms with Crippen LogP contribution < -0.4 is 5.32 Å². The van der Waals surface area contributed by atoms with Gasteiger partial charge in [0.25, 0.3) is 0 Å². The topological polar surface area (TPSA) is 54.5 Å². The first kappa shape index (κ1) is 17.1. The van der Waals surface area contributed by atoms with Crippen molar-refractivity contribution in [1.29, 1.82) is 0 Å². The summed E-state index contributed by atoms with van der Waals surface area (Å²) < 4.78 is 5.33. The van der Waals surface area contributed by atoms with E-state index in [0.29, 0.717) is 10.2 Å². The number of aromatic nitrogens is 1. The number of halogens is 1. The van der Waals surface area contributed by atoms with Crippen LogP contribution in [0, 0.1) is 0 Å². The maximum Gasteiger partial charge on any atom is 0.250 e. The summed E-state index contributed by atoms with van der Waals surface area (Å²) in [5.74, 6) is -0.206. The second-order valence-corrected chi connectivity index (χ2v) is 6.70. The van der Waals surface area contributed by atoms with Crippen LogP contribution in [-0.2, 0) is 16.1 Å². The Hall–Kier alpha value is -1.73. The molecule has 1 N–H and O–H groups in total. The number of carbonyl (C=O) groups excluding carboxylic acids is 1. The Morgan fingerprint density at radius 2 is 2.25 bits per heavy atom. The highest BCUT2D eigenvalue weighted by Crippen LogP contribution is 2.17. The largest absolute Gasteiger partial charge is 0.379 e. The summed E-state index contributed by atoms with van der Waals surface area (Å²) in [5.41, 5.74) is 1.85. The lowest BCUT2D eigenvalue weighted by atomic mass is 10.2. The first-order valence-electron chi connectivity index (χ1n) is 7.68. The second-order valence-electron chi connectivity index (χ2n) is 5.41. The summed E-state index contributed by atoms with van der Waals surface area (Å²) in [5, 5.41) is 6.02. The Morgan fingerprint density at radius 1 is 1.42 bits per heavy atom. The zero-order chi connectivity index (χ0) is 16.8. The minimum absolute atomic E-state index is 0.206. The summed E-state index contributed by atoms with van der Waals surface area (Å²) in [6.07, 6.45) is 3.21. The van der Waals surface area contributed by atoms with Crippen molar-refractivity contribution in [3.05, 3.63) is 52.0 Å². The Balaban J connectivity index is 1.53. The van der Waals surface area contributed by atoms with Gasteiger partial charge in [-0.25, -0.2) is 4.98 Å². The molecular weight excluding hydrogens is 346 g/mol. The highest BCUT2D eigenvalue weighted by molar-refractivity contribution is 7.13. The molecular formula is C17H18ClN3O2S. The molecule has 1 aliphatic rings. The van der Waals surface area contributed by atoms with Gasteiger partial charge in [0, 0.05) is 36.1 Å². The molecule has 1 amide bonds. The van der Waals surface area contributed by atoms with Crippen LogP contribution in [0.3, 0.4) is 0 Å². The molecule has 2 aromatic rings. The SMILES string of the molecule is O=C(C=Cc1cccc(Cl)c1)Nc1nc(CN2CCOCC2)cs1. The number of amides is 1. The van der Waals surface area contributed by atoms with Crippen molar-refractivity contribution >= 4 is 40.1 Å². The van der Waals surface area contributed by atoms with Gasteiger partial charge in [0.1, 0.15) is 0 Å². The van der Waals surface area contributed by atoms with Gasteiger partial charge < -0.3 is 4.74 Å². The lowest BCUT2D eigenvalue weighted by Crippen LogP contribution is -2.35. The molecule has 0 atom stereocenters. The van der Waals surface area contributed by atoms with Gasteiger partial charge in [-0.05, 0) is 23.8 Å². The number of thiazole rings is 1. The van der Waals surface area contributed by atoms with E-state index >= 15 is 0 Å². The number of nitrogens with one attached hydrogen (secondary N) is 1. The summed E-state index contributed by atoms with van der Waals surface area (Å²) in [6, 6.07) is 7.33. The molecule has 2 heterocycles. The van der Waals surface area contributed by atoms with Gasteiger partial charge >= 0.3 is 0 Å². The summed E-state index contributed by atoms with van der Waals surface area (Å²) >= 11 is 7.35. The molecule has 24 heavy (non-hydrogen) atoms. The Bertz CT molecular complexity index is 726. The number of nitrogens with zero attached hydrogens (tertiary/aromatic N) is 2. The zero-order valence-electron chi connectivity index (χ0n) is 13.1. The van der Waals surface area contributed by atoms with Crippen molar-refractivity contribution in [2.45, 2.75) is 6.54 Å². The number of hydrogen-bond donors (Lipinski definition) is 1. The predicted molar refractivity (Wildman–Crippen MR) is 97.3 cm³/mol. The molecule has 3 rings (SSSR count). The van der Waals surface area contributed by atoms with Crippen LogP contribution in [0.25, 0.3) is 6.08 Å². The van der Waals surface area contributed by atoms with E-state index in [-0.39, 0.29) is 5.91 Å². The number of morpholine rings is 1. The summed E-state index contributed by atoms with van der Waals surface area (Å²) in [7, 11) is 0. The molecule has 0 unspecified atom stereocenters. The number of ether oxygens (including phenoxy) is 1. The molecule has 1 aromatic heterocycles. The monoisotopic (exact) mass is 363 g/mol. The second kappa shape index (κ2) is 8.39. The lowest BCUT2D eigenvalue weighted by molar-refractivity contribution is -0.111. The van der Waals surface area contributed by atoms with E-state index in [1.165, 1.54) is 17.4 Å². The van der Waals surface area contributed by atoms with Crippen molar-refractivity contribution in [3.8, 4) is 0 Å². The van der Waals surface area contributed by atoms with E-state index < -0.39 is 0 Å². The predicted octanol–water partition coefficient (Wildman–Crippen LogP) is 3.28. The van der Waals surface area contributed by atoms with E-state index in [2.05, 4.69) is 15.2 Å². The van der Waals surface area contributed by atoms with Crippen LogP contribution in [0.5, 0.6) is 0 Å². The molecule has 0 spiro atoms. The average Bonchev–Trinajstić information content (AvgIpc) is 3.01. The van der Waals surface area contributed by atoms with Gasteiger partial charge in [0.05, 0.1) is 18.9 Å². The Kier molecular flexibility index (Phi) is 5.98. The van der Waals surface area contributed by atoms with E-state index in [9.17, 15) is 4.79 Å². The fourth-order valence-corrected chi connectivity index (χ4v) is 3.26. The molecule has 1 saturated heterocycles. The lowest BCUT2D eigenvalue weighted by Gasteiger charge is -2.25. The van der Waals surface area contributed by atoms with Gasteiger partial charge in [0.2, 0.25) is 5.91 Å². The number of rotatable bonds is 5. The minimum Gasteiger partial charge on any atom is -0.379 e. The van der Waals surface area contributed by atoms with Crippen LogP contribution in [0.1, 0.15) is 11.3 Å². The fourth-order valence-electron chi connectivity index (χ4n) is 2.35. The van der Waals surface area contributed by atoms with E-state index in [0.717, 1.165) is 44.1 Å². The maximum absolute atomic E-state index is 12.0. The fraction of sp³-hybridized carbons (Fsp3) is 0.294. The third-order valence-electron chi connectivity index (χ3n) is 3.55. The highest BCUT2D eigenvalue weighted by Gasteiger charge is 2.13. The van der Waals surface area contributed by atoms with Crippen molar-refractivity contribution in [2.24, 2.45) is 0 Å². The first-order chi connectivity index (χ1) is 11.7. The first-order valence-corrected chi connectivity index (χ1v) is 8.94. The van der Waals surface area contributed by atoms with Crippen LogP contribution in [0.4, 0.5) is 5.13 Å². The van der Waals surface area contributed by atoms with Crippen LogP contribution in [-0.4, -0.2) is 42.1 Å². The molecule has 1 aromatic carbocycles. The van der Waals surface area contributed by atoms with Gasteiger partial charge in [-0.3, -0.25) is 15.0 Å². The maximum atomic E-state index is 12.0. The van der Waals surface area contributed by atoms with E-state index in [1.54, 1.807) is 18.2 Å². The van der Waals surface area contributed by atoms with Crippen molar-refractivity contribution < 1.29 is 9.53 Å². The number of benzene rings is 1. The van der Waals surface area contributed by atoms with Crippen LogP contribution >= 0.6 is 22.9 Å². The number of anilines is 1. The molecule has 1 fully saturated rings. The minimum atomic E-state index is -0.206. The zero-order valence-corrected chi connectivity index (χ0v) is 14.6. The van der Waals surface area contributed by atoms with Crippen molar-refractivity contribution in [3.63, 3.8) is 0 Å². The van der Waals surface area contributed by atoms with Crippen LogP contribution in [0.15, 0.2) is 35.7 Å².